The summed E-state index contributed by atoms with van der Waals surface area (Å²) in [6, 6.07) is 0. The lowest BCUT2D eigenvalue weighted by atomic mass is 9.92. The van der Waals surface area contributed by atoms with Crippen LogP contribution in [0.15, 0.2) is 12.4 Å². The molecule has 3 nitrogen and oxygen atoms in total. The summed E-state index contributed by atoms with van der Waals surface area (Å²) in [6.45, 7) is 8.62. The molecule has 1 unspecified atom stereocenters. The lowest BCUT2D eigenvalue weighted by Crippen LogP contribution is -2.04. The molecule has 0 bridgehead atoms. The van der Waals surface area contributed by atoms with Crippen LogP contribution in [0.25, 0.3) is 6.08 Å². The van der Waals surface area contributed by atoms with E-state index in [2.05, 4.69) is 42.9 Å². The van der Waals surface area contributed by atoms with Gasteiger partial charge in [0.2, 0.25) is 0 Å². The Labute approximate surface area is 97.8 Å². The number of rotatable bonds is 4. The van der Waals surface area contributed by atoms with Gasteiger partial charge in [0.15, 0.2) is 0 Å². The Kier molecular flexibility index (Phi) is 4.47. The molecule has 0 spiro atoms. The lowest BCUT2D eigenvalue weighted by Gasteiger charge is -2.14. The molecule has 0 aliphatic heterocycles. The quantitative estimate of drug-likeness (QED) is 0.846. The van der Waals surface area contributed by atoms with Crippen molar-refractivity contribution in [2.24, 2.45) is 11.8 Å². The van der Waals surface area contributed by atoms with E-state index in [9.17, 15) is 0 Å². The van der Waals surface area contributed by atoms with E-state index in [1.54, 1.807) is 0 Å². The van der Waals surface area contributed by atoms with Crippen LogP contribution in [0.1, 0.15) is 38.4 Å². The molecule has 0 aliphatic rings. The highest BCUT2D eigenvalue weighted by Crippen LogP contribution is 2.20. The number of hydrogen-bond donors (Lipinski definition) is 1. The van der Waals surface area contributed by atoms with E-state index < -0.39 is 0 Å². The number of aryl methyl sites for hydroxylation is 1. The summed E-state index contributed by atoms with van der Waals surface area (Å²) in [6.07, 6.45) is 6.91. The molecular weight excluding hydrogens is 198 g/mol. The Morgan fingerprint density at radius 2 is 2.06 bits per heavy atom. The normalized spacial score (nSPS) is 13.6. The second kappa shape index (κ2) is 5.64. The predicted octanol–water partition coefficient (Wildman–Crippen LogP) is 3.06. The molecule has 3 heteroatoms. The first-order valence-electron chi connectivity index (χ1n) is 5.81. The highest BCUT2D eigenvalue weighted by atomic mass is 14.9. The van der Waals surface area contributed by atoms with Gasteiger partial charge in [-0.25, -0.2) is 9.97 Å². The van der Waals surface area contributed by atoms with Gasteiger partial charge in [-0.15, -0.1) is 0 Å². The van der Waals surface area contributed by atoms with Gasteiger partial charge in [0, 0.05) is 5.56 Å². The van der Waals surface area contributed by atoms with Crippen molar-refractivity contribution < 1.29 is 0 Å². The zero-order chi connectivity index (χ0) is 12.1. The van der Waals surface area contributed by atoms with Gasteiger partial charge in [-0.3, -0.25) is 0 Å². The first-order valence-corrected chi connectivity index (χ1v) is 5.81. The fourth-order valence-corrected chi connectivity index (χ4v) is 1.76. The van der Waals surface area contributed by atoms with Crippen molar-refractivity contribution in [3.05, 3.63) is 23.7 Å². The molecule has 0 fully saturated rings. The van der Waals surface area contributed by atoms with Crippen LogP contribution in [-0.2, 0) is 0 Å². The van der Waals surface area contributed by atoms with Gasteiger partial charge in [0.05, 0.1) is 5.69 Å². The van der Waals surface area contributed by atoms with Gasteiger partial charge >= 0.3 is 0 Å². The topological polar surface area (TPSA) is 51.8 Å². The average Bonchev–Trinajstić information content (AvgIpc) is 2.22. The van der Waals surface area contributed by atoms with Crippen molar-refractivity contribution in [3.63, 3.8) is 0 Å². The van der Waals surface area contributed by atoms with Gasteiger partial charge in [-0.1, -0.05) is 32.9 Å². The van der Waals surface area contributed by atoms with E-state index in [1.807, 2.05) is 6.92 Å². The van der Waals surface area contributed by atoms with Crippen molar-refractivity contribution in [2.75, 3.05) is 5.73 Å². The van der Waals surface area contributed by atoms with Crippen LogP contribution in [-0.4, -0.2) is 9.97 Å². The van der Waals surface area contributed by atoms with Crippen LogP contribution in [0.2, 0.25) is 0 Å². The SMILES string of the molecule is CCC(/C=C\c1c(C)ncnc1N)C(C)C. The number of nitrogens with zero attached hydrogens (tertiary/aromatic N) is 2. The lowest BCUT2D eigenvalue weighted by molar-refractivity contribution is 0.454. The molecule has 0 aliphatic carbocycles. The molecule has 1 aromatic rings. The van der Waals surface area contributed by atoms with Crippen molar-refractivity contribution in [2.45, 2.75) is 34.1 Å². The molecular formula is C13H21N3. The van der Waals surface area contributed by atoms with E-state index in [0.717, 1.165) is 17.7 Å². The summed E-state index contributed by atoms with van der Waals surface area (Å²) < 4.78 is 0. The van der Waals surface area contributed by atoms with Gasteiger partial charge < -0.3 is 5.73 Å². The molecule has 1 aromatic heterocycles. The summed E-state index contributed by atoms with van der Waals surface area (Å²) in [5, 5.41) is 0. The number of anilines is 1. The summed E-state index contributed by atoms with van der Waals surface area (Å²) >= 11 is 0. The van der Waals surface area contributed by atoms with Crippen LogP contribution in [0.5, 0.6) is 0 Å². The maximum atomic E-state index is 5.82. The first kappa shape index (κ1) is 12.7. The maximum absolute atomic E-state index is 5.82. The first-order chi connectivity index (χ1) is 7.56. The molecule has 2 N–H and O–H groups in total. The summed E-state index contributed by atoms with van der Waals surface area (Å²) in [5.41, 5.74) is 7.70. The van der Waals surface area contributed by atoms with Crippen molar-refractivity contribution >= 4 is 11.9 Å². The fourth-order valence-electron chi connectivity index (χ4n) is 1.76. The van der Waals surface area contributed by atoms with E-state index in [-0.39, 0.29) is 0 Å². The second-order valence-electron chi connectivity index (χ2n) is 4.43. The molecule has 0 amide bonds. The molecule has 0 saturated heterocycles. The Balaban J connectivity index is 2.91. The van der Waals surface area contributed by atoms with E-state index in [1.165, 1.54) is 6.33 Å². The van der Waals surface area contributed by atoms with E-state index in [0.29, 0.717) is 17.7 Å². The number of hydrogen-bond acceptors (Lipinski definition) is 3. The molecule has 1 heterocycles. The van der Waals surface area contributed by atoms with Crippen molar-refractivity contribution in [1.82, 2.24) is 9.97 Å². The fraction of sp³-hybridized carbons (Fsp3) is 0.538. The van der Waals surface area contributed by atoms with Crippen LogP contribution < -0.4 is 5.73 Å². The molecule has 0 radical (unpaired) electrons. The standard InChI is InChI=1S/C13H21N3/c1-5-11(9(2)3)6-7-12-10(4)15-8-16-13(12)14/h6-9,11H,5H2,1-4H3,(H2,14,15,16)/b7-6-. The number of aromatic nitrogens is 2. The van der Waals surface area contributed by atoms with Gasteiger partial charge in [0.25, 0.3) is 0 Å². The molecule has 1 rings (SSSR count). The predicted molar refractivity (Wildman–Crippen MR) is 68.8 cm³/mol. The van der Waals surface area contributed by atoms with Crippen molar-refractivity contribution in [3.8, 4) is 0 Å². The summed E-state index contributed by atoms with van der Waals surface area (Å²) in [4.78, 5) is 8.15. The van der Waals surface area contributed by atoms with Gasteiger partial charge in [-0.05, 0) is 25.2 Å². The Hall–Kier alpha value is -1.38. The van der Waals surface area contributed by atoms with Crippen LogP contribution in [0.3, 0.4) is 0 Å². The Morgan fingerprint density at radius 1 is 1.38 bits per heavy atom. The highest BCUT2D eigenvalue weighted by Gasteiger charge is 2.08. The zero-order valence-corrected chi connectivity index (χ0v) is 10.6. The largest absolute Gasteiger partial charge is 0.383 e. The van der Waals surface area contributed by atoms with Crippen molar-refractivity contribution in [1.29, 1.82) is 0 Å². The molecule has 1 atom stereocenters. The van der Waals surface area contributed by atoms with E-state index in [4.69, 9.17) is 5.73 Å². The highest BCUT2D eigenvalue weighted by molar-refractivity contribution is 5.62. The minimum atomic E-state index is 0.558. The second-order valence-corrected chi connectivity index (χ2v) is 4.43. The van der Waals surface area contributed by atoms with Crippen LogP contribution in [0, 0.1) is 18.8 Å². The zero-order valence-electron chi connectivity index (χ0n) is 10.6. The molecule has 0 aromatic carbocycles. The monoisotopic (exact) mass is 219 g/mol. The van der Waals surface area contributed by atoms with Gasteiger partial charge in [0.1, 0.15) is 12.1 Å². The summed E-state index contributed by atoms with van der Waals surface area (Å²) in [5.74, 6) is 1.79. The third-order valence-electron chi connectivity index (χ3n) is 2.95. The van der Waals surface area contributed by atoms with E-state index >= 15 is 0 Å². The maximum Gasteiger partial charge on any atom is 0.134 e. The average molecular weight is 219 g/mol. The van der Waals surface area contributed by atoms with Crippen LogP contribution in [0.4, 0.5) is 5.82 Å². The third-order valence-corrected chi connectivity index (χ3v) is 2.95. The smallest absolute Gasteiger partial charge is 0.134 e. The van der Waals surface area contributed by atoms with Gasteiger partial charge in [-0.2, -0.15) is 0 Å². The number of allylic oxidation sites excluding steroid dienone is 1. The molecule has 0 saturated carbocycles. The minimum absolute atomic E-state index is 0.558. The molecule has 16 heavy (non-hydrogen) atoms. The summed E-state index contributed by atoms with van der Waals surface area (Å²) in [7, 11) is 0. The minimum Gasteiger partial charge on any atom is -0.383 e. The number of nitrogens with two attached hydrogens (primary N) is 1. The van der Waals surface area contributed by atoms with Crippen LogP contribution >= 0.6 is 0 Å². The Bertz CT molecular complexity index is 349. The number of nitrogen functional groups attached to an aromatic ring is 1. The Morgan fingerprint density at radius 3 is 2.56 bits per heavy atom. The molecule has 88 valence electrons. The third kappa shape index (κ3) is 3.05.